The molecule has 26 heavy (non-hydrogen) atoms. The number of aryl methyl sites for hydroxylation is 1. The van der Waals surface area contributed by atoms with E-state index in [0.717, 1.165) is 54.0 Å². The Morgan fingerprint density at radius 2 is 1.81 bits per heavy atom. The molecular formula is C20H18FN5. The molecule has 1 aliphatic heterocycles. The molecule has 3 heterocycles. The van der Waals surface area contributed by atoms with Crippen LogP contribution in [0.15, 0.2) is 42.5 Å². The highest BCUT2D eigenvalue weighted by molar-refractivity contribution is 5.94. The third kappa shape index (κ3) is 2.25. The normalized spacial score (nSPS) is 14.6. The van der Waals surface area contributed by atoms with E-state index in [4.69, 9.17) is 4.98 Å². The minimum absolute atomic E-state index is 0.307. The maximum absolute atomic E-state index is 14.5. The molecule has 2 aromatic carbocycles. The molecule has 4 aromatic rings. The molecule has 5 nitrogen and oxygen atoms in total. The van der Waals surface area contributed by atoms with Gasteiger partial charge in [0.15, 0.2) is 11.5 Å². The van der Waals surface area contributed by atoms with Gasteiger partial charge in [0.1, 0.15) is 5.82 Å². The van der Waals surface area contributed by atoms with Crippen LogP contribution in [0.25, 0.3) is 27.9 Å². The van der Waals surface area contributed by atoms with Gasteiger partial charge in [-0.05, 0) is 44.0 Å². The minimum Gasteiger partial charge on any atom is -0.342 e. The van der Waals surface area contributed by atoms with Crippen molar-refractivity contribution in [2.24, 2.45) is 0 Å². The molecular weight excluding hydrogens is 329 g/mol. The number of hydrogen-bond donors (Lipinski definition) is 0. The standard InChI is InChI=1S/C20H18FN5/c1-13-8-9-17-15(12-13)19-24-23-18(14-6-2-3-7-16(14)21)26(19)20(22-17)25-10-4-5-11-25/h2-3,6-9,12H,4-5,10-11H2,1H3. The molecule has 1 saturated heterocycles. The summed E-state index contributed by atoms with van der Waals surface area (Å²) in [6.45, 7) is 3.92. The Morgan fingerprint density at radius 3 is 2.62 bits per heavy atom. The fraction of sp³-hybridized carbons (Fsp3) is 0.250. The maximum atomic E-state index is 14.5. The summed E-state index contributed by atoms with van der Waals surface area (Å²) >= 11 is 0. The highest BCUT2D eigenvalue weighted by Gasteiger charge is 2.23. The van der Waals surface area contributed by atoms with Crippen molar-refractivity contribution in [3.63, 3.8) is 0 Å². The van der Waals surface area contributed by atoms with Gasteiger partial charge in [0.05, 0.1) is 11.1 Å². The highest BCUT2D eigenvalue weighted by atomic mass is 19.1. The van der Waals surface area contributed by atoms with Gasteiger partial charge in [-0.25, -0.2) is 13.8 Å². The Bertz CT molecular complexity index is 1130. The molecule has 0 bridgehead atoms. The summed E-state index contributed by atoms with van der Waals surface area (Å²) in [5.41, 5.74) is 3.18. The number of benzene rings is 2. The molecule has 0 amide bonds. The van der Waals surface area contributed by atoms with Crippen molar-refractivity contribution in [2.75, 3.05) is 18.0 Å². The first kappa shape index (κ1) is 15.3. The number of nitrogens with zero attached hydrogens (tertiary/aromatic N) is 5. The predicted octanol–water partition coefficient (Wildman–Crippen LogP) is 3.99. The van der Waals surface area contributed by atoms with Crippen molar-refractivity contribution in [1.29, 1.82) is 0 Å². The van der Waals surface area contributed by atoms with Crippen molar-refractivity contribution in [1.82, 2.24) is 19.6 Å². The minimum atomic E-state index is -0.307. The Balaban J connectivity index is 1.89. The van der Waals surface area contributed by atoms with Crippen LogP contribution in [-0.4, -0.2) is 32.7 Å². The van der Waals surface area contributed by atoms with Crippen LogP contribution in [0.1, 0.15) is 18.4 Å². The molecule has 1 aliphatic rings. The smallest absolute Gasteiger partial charge is 0.213 e. The summed E-state index contributed by atoms with van der Waals surface area (Å²) in [5.74, 6) is 0.978. The zero-order valence-corrected chi connectivity index (χ0v) is 14.5. The average molecular weight is 347 g/mol. The Labute approximate surface area is 150 Å². The van der Waals surface area contributed by atoms with Gasteiger partial charge < -0.3 is 4.90 Å². The highest BCUT2D eigenvalue weighted by Crippen LogP contribution is 2.31. The van der Waals surface area contributed by atoms with Gasteiger partial charge in [-0.3, -0.25) is 0 Å². The first-order chi connectivity index (χ1) is 12.7. The number of halogens is 1. The van der Waals surface area contributed by atoms with Gasteiger partial charge in [-0.2, -0.15) is 0 Å². The Hall–Kier alpha value is -3.02. The van der Waals surface area contributed by atoms with E-state index in [1.807, 2.05) is 29.5 Å². The second-order valence-electron chi connectivity index (χ2n) is 6.79. The van der Waals surface area contributed by atoms with Crippen LogP contribution in [0.3, 0.4) is 0 Å². The molecule has 0 unspecified atom stereocenters. The van der Waals surface area contributed by atoms with E-state index in [9.17, 15) is 4.39 Å². The fourth-order valence-corrected chi connectivity index (χ4v) is 3.68. The van der Waals surface area contributed by atoms with Gasteiger partial charge in [-0.15, -0.1) is 10.2 Å². The van der Waals surface area contributed by atoms with E-state index in [0.29, 0.717) is 11.4 Å². The summed E-state index contributed by atoms with van der Waals surface area (Å²) in [4.78, 5) is 7.14. The van der Waals surface area contributed by atoms with Crippen molar-refractivity contribution in [3.8, 4) is 11.4 Å². The first-order valence-corrected chi connectivity index (χ1v) is 8.88. The van der Waals surface area contributed by atoms with Gasteiger partial charge in [0, 0.05) is 18.5 Å². The average Bonchev–Trinajstić information content (AvgIpc) is 3.32. The molecule has 0 radical (unpaired) electrons. The Kier molecular flexibility index (Phi) is 3.38. The van der Waals surface area contributed by atoms with Gasteiger partial charge in [0.25, 0.3) is 0 Å². The first-order valence-electron chi connectivity index (χ1n) is 8.88. The van der Waals surface area contributed by atoms with Crippen LogP contribution in [0.2, 0.25) is 0 Å². The van der Waals surface area contributed by atoms with Gasteiger partial charge in [-0.1, -0.05) is 23.8 Å². The molecule has 130 valence electrons. The number of rotatable bonds is 2. The third-order valence-corrected chi connectivity index (χ3v) is 4.98. The topological polar surface area (TPSA) is 46.3 Å². The Morgan fingerprint density at radius 1 is 1.00 bits per heavy atom. The largest absolute Gasteiger partial charge is 0.342 e. The van der Waals surface area contributed by atoms with E-state index < -0.39 is 0 Å². The second kappa shape index (κ2) is 5.76. The molecule has 0 aliphatic carbocycles. The lowest BCUT2D eigenvalue weighted by molar-refractivity contribution is 0.629. The van der Waals surface area contributed by atoms with E-state index in [1.165, 1.54) is 6.07 Å². The van der Waals surface area contributed by atoms with Crippen LogP contribution in [-0.2, 0) is 0 Å². The summed E-state index contributed by atoms with van der Waals surface area (Å²) in [5, 5.41) is 9.70. The SMILES string of the molecule is Cc1ccc2nc(N3CCCC3)n3c(-c4ccccc4F)nnc3c2c1. The van der Waals surface area contributed by atoms with Gasteiger partial charge in [0.2, 0.25) is 5.95 Å². The molecule has 0 saturated carbocycles. The van der Waals surface area contributed by atoms with E-state index in [-0.39, 0.29) is 5.82 Å². The zero-order valence-electron chi connectivity index (χ0n) is 14.5. The fourth-order valence-electron chi connectivity index (χ4n) is 3.68. The molecule has 0 spiro atoms. The number of fused-ring (bicyclic) bond motifs is 3. The lowest BCUT2D eigenvalue weighted by Crippen LogP contribution is -2.22. The van der Waals surface area contributed by atoms with E-state index in [1.54, 1.807) is 12.1 Å². The molecule has 6 heteroatoms. The summed E-state index contributed by atoms with van der Waals surface area (Å²) in [7, 11) is 0. The zero-order chi connectivity index (χ0) is 17.7. The number of hydrogen-bond acceptors (Lipinski definition) is 4. The van der Waals surface area contributed by atoms with E-state index in [2.05, 4.69) is 21.2 Å². The summed E-state index contributed by atoms with van der Waals surface area (Å²) in [6, 6.07) is 12.8. The lowest BCUT2D eigenvalue weighted by Gasteiger charge is -2.19. The molecule has 5 rings (SSSR count). The molecule has 2 aromatic heterocycles. The van der Waals surface area contributed by atoms with E-state index >= 15 is 0 Å². The van der Waals surface area contributed by atoms with Crippen LogP contribution in [0.5, 0.6) is 0 Å². The summed E-state index contributed by atoms with van der Waals surface area (Å²) < 4.78 is 16.4. The van der Waals surface area contributed by atoms with Crippen molar-refractivity contribution < 1.29 is 4.39 Å². The van der Waals surface area contributed by atoms with Crippen LogP contribution < -0.4 is 4.90 Å². The van der Waals surface area contributed by atoms with Crippen LogP contribution in [0, 0.1) is 12.7 Å². The predicted molar refractivity (Wildman–Crippen MR) is 99.9 cm³/mol. The maximum Gasteiger partial charge on any atom is 0.213 e. The van der Waals surface area contributed by atoms with Crippen molar-refractivity contribution >= 4 is 22.5 Å². The quantitative estimate of drug-likeness (QED) is 0.550. The molecule has 0 atom stereocenters. The van der Waals surface area contributed by atoms with Crippen LogP contribution >= 0.6 is 0 Å². The number of aromatic nitrogens is 4. The lowest BCUT2D eigenvalue weighted by atomic mass is 10.1. The number of anilines is 1. The third-order valence-electron chi connectivity index (χ3n) is 4.98. The molecule has 0 N–H and O–H groups in total. The van der Waals surface area contributed by atoms with Crippen molar-refractivity contribution in [3.05, 3.63) is 53.8 Å². The summed E-state index contributed by atoms with van der Waals surface area (Å²) in [6.07, 6.45) is 2.26. The second-order valence-corrected chi connectivity index (χ2v) is 6.79. The molecule has 1 fully saturated rings. The van der Waals surface area contributed by atoms with Crippen LogP contribution in [0.4, 0.5) is 10.3 Å². The monoisotopic (exact) mass is 347 g/mol. The van der Waals surface area contributed by atoms with Gasteiger partial charge >= 0.3 is 0 Å². The van der Waals surface area contributed by atoms with Crippen molar-refractivity contribution in [2.45, 2.75) is 19.8 Å².